The SMILES string of the molecule is CCOC(=O)c1cc(F)c(I)cc1C#N. The zero-order valence-corrected chi connectivity index (χ0v) is 10.0. The molecule has 0 atom stereocenters. The van der Waals surface area contributed by atoms with E-state index in [1.165, 1.54) is 6.07 Å². The fraction of sp³-hybridized carbons (Fsp3) is 0.200. The molecule has 0 bridgehead atoms. The molecule has 0 unspecified atom stereocenters. The second kappa shape index (κ2) is 5.07. The lowest BCUT2D eigenvalue weighted by molar-refractivity contribution is 0.0525. The summed E-state index contributed by atoms with van der Waals surface area (Å²) < 4.78 is 18.2. The van der Waals surface area contributed by atoms with Crippen LogP contribution in [0.2, 0.25) is 0 Å². The van der Waals surface area contributed by atoms with Crippen LogP contribution < -0.4 is 0 Å². The number of carbonyl (C=O) groups is 1. The molecule has 0 heterocycles. The molecule has 0 aliphatic carbocycles. The Morgan fingerprint density at radius 1 is 1.67 bits per heavy atom. The maximum atomic E-state index is 13.2. The maximum absolute atomic E-state index is 13.2. The third kappa shape index (κ3) is 2.65. The van der Waals surface area contributed by atoms with Crippen LogP contribution in [0.1, 0.15) is 22.8 Å². The highest BCUT2D eigenvalue weighted by Gasteiger charge is 2.15. The number of ether oxygens (including phenoxy) is 1. The van der Waals surface area contributed by atoms with Crippen LogP contribution in [0.15, 0.2) is 12.1 Å². The molecule has 1 rings (SSSR count). The first-order chi connectivity index (χ1) is 7.10. The summed E-state index contributed by atoms with van der Waals surface area (Å²) in [4.78, 5) is 11.3. The van der Waals surface area contributed by atoms with Gasteiger partial charge < -0.3 is 4.74 Å². The van der Waals surface area contributed by atoms with Crippen molar-refractivity contribution in [3.63, 3.8) is 0 Å². The number of nitriles is 1. The smallest absolute Gasteiger partial charge is 0.339 e. The van der Waals surface area contributed by atoms with E-state index in [9.17, 15) is 9.18 Å². The van der Waals surface area contributed by atoms with Gasteiger partial charge in [-0.25, -0.2) is 9.18 Å². The van der Waals surface area contributed by atoms with Crippen LogP contribution in [0.3, 0.4) is 0 Å². The van der Waals surface area contributed by atoms with E-state index in [2.05, 4.69) is 0 Å². The molecule has 1 aromatic carbocycles. The topological polar surface area (TPSA) is 50.1 Å². The van der Waals surface area contributed by atoms with Crippen molar-refractivity contribution in [1.29, 1.82) is 5.26 Å². The summed E-state index contributed by atoms with van der Waals surface area (Å²) in [6.07, 6.45) is 0. The number of benzene rings is 1. The van der Waals surface area contributed by atoms with Crippen molar-refractivity contribution >= 4 is 28.6 Å². The molecule has 0 aliphatic rings. The lowest BCUT2D eigenvalue weighted by Gasteiger charge is -2.04. The lowest BCUT2D eigenvalue weighted by Crippen LogP contribution is -2.08. The standard InChI is InChI=1S/C10H7FINO2/c1-2-15-10(14)7-4-8(11)9(12)3-6(7)5-13/h3-4H,2H2,1H3. The number of hydrogen-bond donors (Lipinski definition) is 0. The first-order valence-corrected chi connectivity index (χ1v) is 5.24. The van der Waals surface area contributed by atoms with Crippen molar-refractivity contribution in [2.75, 3.05) is 6.61 Å². The predicted octanol–water partition coefficient (Wildman–Crippen LogP) is 2.48. The number of nitrogens with zero attached hydrogens (tertiary/aromatic N) is 1. The Hall–Kier alpha value is -1.16. The van der Waals surface area contributed by atoms with Gasteiger partial charge in [-0.1, -0.05) is 0 Å². The number of hydrogen-bond acceptors (Lipinski definition) is 3. The number of rotatable bonds is 2. The summed E-state index contributed by atoms with van der Waals surface area (Å²) in [5, 5.41) is 8.77. The molecule has 3 nitrogen and oxygen atoms in total. The first kappa shape index (κ1) is 11.9. The molecule has 0 saturated heterocycles. The summed E-state index contributed by atoms with van der Waals surface area (Å²) in [5.74, 6) is -1.21. The molecule has 78 valence electrons. The van der Waals surface area contributed by atoms with Crippen molar-refractivity contribution in [2.45, 2.75) is 6.92 Å². The van der Waals surface area contributed by atoms with Crippen molar-refractivity contribution in [2.24, 2.45) is 0 Å². The van der Waals surface area contributed by atoms with E-state index in [0.29, 0.717) is 3.57 Å². The average Bonchev–Trinajstić information content (AvgIpc) is 2.21. The Bertz CT molecular complexity index is 440. The minimum atomic E-state index is -0.677. The molecule has 0 fully saturated rings. The van der Waals surface area contributed by atoms with Crippen molar-refractivity contribution in [3.8, 4) is 6.07 Å². The molecule has 15 heavy (non-hydrogen) atoms. The highest BCUT2D eigenvalue weighted by molar-refractivity contribution is 14.1. The van der Waals surface area contributed by atoms with Gasteiger partial charge in [-0.2, -0.15) is 5.26 Å². The van der Waals surface area contributed by atoms with Crippen LogP contribution in [0.5, 0.6) is 0 Å². The van der Waals surface area contributed by atoms with Crippen LogP contribution >= 0.6 is 22.6 Å². The molecule has 0 aromatic heterocycles. The zero-order valence-electron chi connectivity index (χ0n) is 7.88. The monoisotopic (exact) mass is 319 g/mol. The van der Waals surface area contributed by atoms with E-state index >= 15 is 0 Å². The van der Waals surface area contributed by atoms with Crippen LogP contribution in [-0.2, 0) is 4.74 Å². The molecule has 0 amide bonds. The van der Waals surface area contributed by atoms with E-state index < -0.39 is 11.8 Å². The van der Waals surface area contributed by atoms with Crippen molar-refractivity contribution in [1.82, 2.24) is 0 Å². The highest BCUT2D eigenvalue weighted by atomic mass is 127. The van der Waals surface area contributed by atoms with Crippen LogP contribution in [0.25, 0.3) is 0 Å². The quantitative estimate of drug-likeness (QED) is 0.622. The molecular weight excluding hydrogens is 312 g/mol. The molecule has 5 heteroatoms. The maximum Gasteiger partial charge on any atom is 0.339 e. The van der Waals surface area contributed by atoms with Gasteiger partial charge in [0.05, 0.1) is 21.3 Å². The van der Waals surface area contributed by atoms with Gasteiger partial charge in [-0.05, 0) is 41.6 Å². The number of carbonyl (C=O) groups excluding carboxylic acids is 1. The molecule has 0 spiro atoms. The van der Waals surface area contributed by atoms with E-state index in [4.69, 9.17) is 10.00 Å². The largest absolute Gasteiger partial charge is 0.462 e. The molecule has 0 radical (unpaired) electrons. The Kier molecular flexibility index (Phi) is 4.03. The van der Waals surface area contributed by atoms with Gasteiger partial charge in [0.25, 0.3) is 0 Å². The van der Waals surface area contributed by atoms with Crippen molar-refractivity contribution in [3.05, 3.63) is 32.6 Å². The molecule has 0 aliphatic heterocycles. The van der Waals surface area contributed by atoms with E-state index in [1.807, 2.05) is 6.07 Å². The zero-order chi connectivity index (χ0) is 11.4. The number of esters is 1. The third-order valence-corrected chi connectivity index (χ3v) is 2.50. The Morgan fingerprint density at radius 2 is 2.33 bits per heavy atom. The fourth-order valence-electron chi connectivity index (χ4n) is 1.02. The molecule has 0 N–H and O–H groups in total. The summed E-state index contributed by atoms with van der Waals surface area (Å²) >= 11 is 1.76. The van der Waals surface area contributed by atoms with E-state index in [0.717, 1.165) is 6.07 Å². The lowest BCUT2D eigenvalue weighted by atomic mass is 10.1. The predicted molar refractivity (Wildman–Crippen MR) is 59.8 cm³/mol. The summed E-state index contributed by atoms with van der Waals surface area (Å²) in [6.45, 7) is 1.84. The Balaban J connectivity index is 3.23. The van der Waals surface area contributed by atoms with Gasteiger partial charge in [-0.15, -0.1) is 0 Å². The van der Waals surface area contributed by atoms with E-state index in [-0.39, 0.29) is 17.7 Å². The number of halogens is 2. The highest BCUT2D eigenvalue weighted by Crippen LogP contribution is 2.18. The fourth-order valence-corrected chi connectivity index (χ4v) is 1.48. The van der Waals surface area contributed by atoms with Gasteiger partial charge in [0.2, 0.25) is 0 Å². The summed E-state index contributed by atoms with van der Waals surface area (Å²) in [7, 11) is 0. The van der Waals surface area contributed by atoms with Gasteiger partial charge in [0.1, 0.15) is 11.9 Å². The van der Waals surface area contributed by atoms with Gasteiger partial charge in [0.15, 0.2) is 0 Å². The summed E-state index contributed by atoms with van der Waals surface area (Å²) in [5.41, 5.74) is 0.0940. The van der Waals surface area contributed by atoms with Crippen LogP contribution in [0, 0.1) is 20.7 Å². The second-order valence-electron chi connectivity index (χ2n) is 2.64. The molecule has 0 saturated carbocycles. The van der Waals surface area contributed by atoms with Gasteiger partial charge >= 0.3 is 5.97 Å². The second-order valence-corrected chi connectivity index (χ2v) is 3.81. The normalized spacial score (nSPS) is 9.47. The third-order valence-electron chi connectivity index (χ3n) is 1.68. The van der Waals surface area contributed by atoms with Gasteiger partial charge in [0, 0.05) is 0 Å². The summed E-state index contributed by atoms with van der Waals surface area (Å²) in [6, 6.07) is 4.18. The minimum Gasteiger partial charge on any atom is -0.462 e. The Labute approximate surface area is 100.0 Å². The van der Waals surface area contributed by atoms with E-state index in [1.54, 1.807) is 29.5 Å². The molecule has 1 aromatic rings. The van der Waals surface area contributed by atoms with Gasteiger partial charge in [-0.3, -0.25) is 0 Å². The minimum absolute atomic E-state index is 0.0303. The van der Waals surface area contributed by atoms with Crippen LogP contribution in [-0.4, -0.2) is 12.6 Å². The Morgan fingerprint density at radius 3 is 2.87 bits per heavy atom. The average molecular weight is 319 g/mol. The van der Waals surface area contributed by atoms with Crippen LogP contribution in [0.4, 0.5) is 4.39 Å². The van der Waals surface area contributed by atoms with Crippen molar-refractivity contribution < 1.29 is 13.9 Å². The first-order valence-electron chi connectivity index (χ1n) is 4.16. The molecular formula is C10H7FINO2.